The molecule has 1 heterocycles. The highest BCUT2D eigenvalue weighted by molar-refractivity contribution is 7.92. The summed E-state index contributed by atoms with van der Waals surface area (Å²) in [5.74, 6) is 0.390. The molecule has 1 aliphatic heterocycles. The molecule has 35 heavy (non-hydrogen) atoms. The zero-order valence-corrected chi connectivity index (χ0v) is 21.2. The first-order valence-corrected chi connectivity index (χ1v) is 12.7. The zero-order valence-electron chi connectivity index (χ0n) is 18.9. The second-order valence-corrected chi connectivity index (χ2v) is 10.2. The molecule has 184 valence electrons. The largest absolute Gasteiger partial charge is 0.495 e. The van der Waals surface area contributed by atoms with Crippen LogP contribution in [0.25, 0.3) is 0 Å². The second-order valence-electron chi connectivity index (χ2n) is 7.57. The van der Waals surface area contributed by atoms with Gasteiger partial charge >= 0.3 is 0 Å². The van der Waals surface area contributed by atoms with E-state index in [0.717, 1.165) is 5.56 Å². The van der Waals surface area contributed by atoms with Crippen molar-refractivity contribution in [2.24, 2.45) is 0 Å². The normalized spacial score (nSPS) is 12.7. The number of halogens is 2. The summed E-state index contributed by atoms with van der Waals surface area (Å²) < 4.78 is 43.7. The maximum Gasteiger partial charge on any atom is 0.264 e. The molecule has 0 aliphatic carbocycles. The molecule has 0 saturated heterocycles. The number of benzene rings is 3. The lowest BCUT2D eigenvalue weighted by molar-refractivity contribution is -0.118. The van der Waals surface area contributed by atoms with E-state index in [1.807, 2.05) is 12.1 Å². The van der Waals surface area contributed by atoms with Crippen LogP contribution in [0.15, 0.2) is 59.5 Å². The summed E-state index contributed by atoms with van der Waals surface area (Å²) in [6.45, 7) is -0.0178. The lowest BCUT2D eigenvalue weighted by Crippen LogP contribution is -2.29. The molecule has 0 saturated carbocycles. The molecule has 8 nitrogen and oxygen atoms in total. The minimum atomic E-state index is -3.80. The van der Waals surface area contributed by atoms with E-state index in [1.165, 1.54) is 48.9 Å². The van der Waals surface area contributed by atoms with E-state index in [9.17, 15) is 13.2 Å². The van der Waals surface area contributed by atoms with Crippen molar-refractivity contribution in [3.8, 4) is 17.2 Å². The topological polar surface area (TPSA) is 94.2 Å². The highest BCUT2D eigenvalue weighted by Gasteiger charge is 2.31. The summed E-state index contributed by atoms with van der Waals surface area (Å²) in [5.41, 5.74) is 1.98. The number of fused-ring (bicyclic) bond motifs is 1. The van der Waals surface area contributed by atoms with Crippen molar-refractivity contribution in [1.29, 1.82) is 0 Å². The van der Waals surface area contributed by atoms with E-state index in [0.29, 0.717) is 40.9 Å². The average molecular weight is 537 g/mol. The number of ether oxygens (including phenoxy) is 3. The highest BCUT2D eigenvalue weighted by atomic mass is 35.5. The molecule has 1 amide bonds. The molecule has 3 aromatic rings. The average Bonchev–Trinajstić information content (AvgIpc) is 3.29. The lowest BCUT2D eigenvalue weighted by Gasteiger charge is -2.20. The monoisotopic (exact) mass is 536 g/mol. The number of para-hydroxylation sites is 1. The van der Waals surface area contributed by atoms with Gasteiger partial charge in [-0.25, -0.2) is 8.42 Å². The van der Waals surface area contributed by atoms with Gasteiger partial charge in [0.15, 0.2) is 6.61 Å². The molecule has 0 radical (unpaired) electrons. The van der Waals surface area contributed by atoms with Crippen LogP contribution in [-0.4, -0.2) is 41.7 Å². The third-order valence-corrected chi connectivity index (χ3v) is 7.84. The van der Waals surface area contributed by atoms with E-state index in [-0.39, 0.29) is 22.3 Å². The number of nitrogens with zero attached hydrogens (tertiary/aromatic N) is 1. The second kappa shape index (κ2) is 10.2. The number of carbonyl (C=O) groups is 1. The number of sulfonamides is 1. The van der Waals surface area contributed by atoms with Crippen LogP contribution >= 0.6 is 23.2 Å². The lowest BCUT2D eigenvalue weighted by atomic mass is 10.2. The fourth-order valence-electron chi connectivity index (χ4n) is 3.73. The Bertz CT molecular complexity index is 1380. The highest BCUT2D eigenvalue weighted by Crippen LogP contribution is 2.37. The molecule has 0 bridgehead atoms. The molecule has 0 fully saturated rings. The van der Waals surface area contributed by atoms with Crippen molar-refractivity contribution in [3.63, 3.8) is 0 Å². The van der Waals surface area contributed by atoms with Gasteiger partial charge in [0.1, 0.15) is 17.2 Å². The van der Waals surface area contributed by atoms with Crippen LogP contribution in [0.5, 0.6) is 17.2 Å². The fourth-order valence-corrected chi connectivity index (χ4v) is 5.79. The Morgan fingerprint density at radius 3 is 2.40 bits per heavy atom. The van der Waals surface area contributed by atoms with Crippen LogP contribution in [0.1, 0.15) is 5.56 Å². The van der Waals surface area contributed by atoms with Gasteiger partial charge in [-0.15, -0.1) is 0 Å². The van der Waals surface area contributed by atoms with Crippen LogP contribution < -0.4 is 23.8 Å². The molecule has 0 spiro atoms. The summed E-state index contributed by atoms with van der Waals surface area (Å²) >= 11 is 12.4. The number of carbonyl (C=O) groups excluding carboxylic acids is 1. The predicted octanol–water partition coefficient (Wildman–Crippen LogP) is 4.78. The first kappa shape index (κ1) is 25.0. The molecule has 0 unspecified atom stereocenters. The third kappa shape index (κ3) is 5.12. The Hall–Kier alpha value is -3.14. The molecule has 0 aromatic heterocycles. The third-order valence-electron chi connectivity index (χ3n) is 5.44. The van der Waals surface area contributed by atoms with E-state index < -0.39 is 15.9 Å². The van der Waals surface area contributed by atoms with Gasteiger partial charge in [0.25, 0.3) is 15.9 Å². The standard InChI is InChI=1S/C24H22Cl2N2O6S/c1-32-22-13-19(23(33-2)12-18(22)26)27-24(29)14-34-21-8-7-16(11-17(21)25)35(30,31)28-10-9-15-5-3-4-6-20(15)28/h3-8,11-13H,9-10,14H2,1-2H3,(H,27,29). The van der Waals surface area contributed by atoms with Crippen molar-refractivity contribution in [1.82, 2.24) is 0 Å². The maximum atomic E-state index is 13.2. The predicted molar refractivity (Wildman–Crippen MR) is 135 cm³/mol. The van der Waals surface area contributed by atoms with Gasteiger partial charge in [0.05, 0.1) is 40.5 Å². The van der Waals surface area contributed by atoms with Crippen LogP contribution in [0, 0.1) is 0 Å². The van der Waals surface area contributed by atoms with Crippen LogP contribution in [0.4, 0.5) is 11.4 Å². The molecule has 4 rings (SSSR count). The first-order chi connectivity index (χ1) is 16.7. The Morgan fingerprint density at radius 1 is 0.971 bits per heavy atom. The van der Waals surface area contributed by atoms with Crippen LogP contribution in [0.3, 0.4) is 0 Å². The number of amides is 1. The minimum Gasteiger partial charge on any atom is -0.495 e. The first-order valence-electron chi connectivity index (χ1n) is 10.5. The van der Waals surface area contributed by atoms with Gasteiger partial charge < -0.3 is 19.5 Å². The number of hydrogen-bond acceptors (Lipinski definition) is 6. The Morgan fingerprint density at radius 2 is 1.69 bits per heavy atom. The van der Waals surface area contributed by atoms with Crippen LogP contribution in [-0.2, 0) is 21.2 Å². The molecule has 1 N–H and O–H groups in total. The van der Waals surface area contributed by atoms with E-state index in [2.05, 4.69) is 5.32 Å². The van der Waals surface area contributed by atoms with Gasteiger partial charge in [0.2, 0.25) is 0 Å². The molecular formula is C24H22Cl2N2O6S. The van der Waals surface area contributed by atoms with Gasteiger partial charge in [-0.05, 0) is 36.2 Å². The summed E-state index contributed by atoms with van der Waals surface area (Å²) in [6.07, 6.45) is 0.643. The summed E-state index contributed by atoms with van der Waals surface area (Å²) in [5, 5.41) is 3.06. The number of nitrogens with one attached hydrogen (secondary N) is 1. The summed E-state index contributed by atoms with van der Waals surface area (Å²) in [4.78, 5) is 12.5. The van der Waals surface area contributed by atoms with Gasteiger partial charge in [-0.3, -0.25) is 9.10 Å². The molecule has 0 atom stereocenters. The van der Waals surface area contributed by atoms with Crippen LogP contribution in [0.2, 0.25) is 10.0 Å². The summed E-state index contributed by atoms with van der Waals surface area (Å²) in [7, 11) is -0.904. The maximum absolute atomic E-state index is 13.2. The molecule has 1 aliphatic rings. The fraction of sp³-hybridized carbons (Fsp3) is 0.208. The number of methoxy groups -OCH3 is 2. The van der Waals surface area contributed by atoms with Crippen molar-refractivity contribution in [2.45, 2.75) is 11.3 Å². The van der Waals surface area contributed by atoms with E-state index in [4.69, 9.17) is 37.4 Å². The quantitative estimate of drug-likeness (QED) is 0.445. The van der Waals surface area contributed by atoms with Crippen molar-refractivity contribution in [2.75, 3.05) is 37.0 Å². The Labute approximate surface area is 213 Å². The Kier molecular flexibility index (Phi) is 7.30. The van der Waals surface area contributed by atoms with Crippen molar-refractivity contribution < 1.29 is 27.4 Å². The van der Waals surface area contributed by atoms with Crippen molar-refractivity contribution in [3.05, 3.63) is 70.2 Å². The smallest absolute Gasteiger partial charge is 0.264 e. The summed E-state index contributed by atoms with van der Waals surface area (Å²) in [6, 6.07) is 14.6. The Balaban J connectivity index is 1.45. The number of anilines is 2. The van der Waals surface area contributed by atoms with E-state index in [1.54, 1.807) is 12.1 Å². The number of rotatable bonds is 8. The van der Waals surface area contributed by atoms with E-state index >= 15 is 0 Å². The molecule has 3 aromatic carbocycles. The van der Waals surface area contributed by atoms with Gasteiger partial charge in [-0.2, -0.15) is 0 Å². The minimum absolute atomic E-state index is 0.0361. The van der Waals surface area contributed by atoms with Gasteiger partial charge in [-0.1, -0.05) is 41.4 Å². The SMILES string of the molecule is COc1cc(NC(=O)COc2ccc(S(=O)(=O)N3CCc4ccccc43)cc2Cl)c(OC)cc1Cl. The number of hydrogen-bond donors (Lipinski definition) is 1. The molecule has 11 heteroatoms. The zero-order chi connectivity index (χ0) is 25.2. The molecular weight excluding hydrogens is 515 g/mol. The van der Waals surface area contributed by atoms with Gasteiger partial charge in [0, 0.05) is 18.7 Å². The van der Waals surface area contributed by atoms with Crippen molar-refractivity contribution >= 4 is 50.5 Å².